The Morgan fingerprint density at radius 3 is 1.63 bits per heavy atom. The first-order valence-corrected chi connectivity index (χ1v) is 21.2. The van der Waals surface area contributed by atoms with E-state index in [1.165, 1.54) is 51.4 Å². The number of nitrogens with zero attached hydrogens (tertiary/aromatic N) is 1. The van der Waals surface area contributed by atoms with Gasteiger partial charge in [0.2, 0.25) is 11.8 Å². The predicted octanol–water partition coefficient (Wildman–Crippen LogP) is 8.01. The third-order valence-electron chi connectivity index (χ3n) is 9.54. The molecule has 3 atom stereocenters. The highest BCUT2D eigenvalue weighted by molar-refractivity contribution is 5.87. The van der Waals surface area contributed by atoms with Crippen molar-refractivity contribution in [1.29, 1.82) is 0 Å². The summed E-state index contributed by atoms with van der Waals surface area (Å²) in [6, 6.07) is -0.781. The number of rotatable bonds is 36. The van der Waals surface area contributed by atoms with Crippen LogP contribution in [0.25, 0.3) is 0 Å². The zero-order valence-electron chi connectivity index (χ0n) is 33.8. The minimum Gasteiger partial charge on any atom is -0.465 e. The number of hydrogen-bond donors (Lipinski definition) is 4. The van der Waals surface area contributed by atoms with Crippen LogP contribution in [-0.2, 0) is 28.7 Å². The summed E-state index contributed by atoms with van der Waals surface area (Å²) in [4.78, 5) is 55.1. The van der Waals surface area contributed by atoms with Gasteiger partial charge in [0.15, 0.2) is 5.96 Å². The van der Waals surface area contributed by atoms with E-state index in [1.807, 2.05) is 0 Å². The molecule has 0 aromatic heterocycles. The molecule has 6 N–H and O–H groups in total. The van der Waals surface area contributed by atoms with Crippen LogP contribution in [0.4, 0.5) is 0 Å². The van der Waals surface area contributed by atoms with E-state index in [0.717, 1.165) is 89.9 Å². The number of esters is 2. The predicted molar refractivity (Wildman–Crippen MR) is 213 cm³/mol. The zero-order chi connectivity index (χ0) is 38.7. The molecule has 0 aliphatic heterocycles. The molecule has 0 spiro atoms. The van der Waals surface area contributed by atoms with Gasteiger partial charge in [0.1, 0.15) is 6.04 Å². The molecule has 11 heteroatoms. The molecule has 0 rings (SSSR count). The topological polar surface area (TPSA) is 175 Å². The number of carbonyl (C=O) groups excluding carboxylic acids is 4. The molecule has 0 aromatic carbocycles. The minimum absolute atomic E-state index is 0.0135. The molecule has 0 saturated carbocycles. The maximum Gasteiger partial charge on any atom is 0.308 e. The summed E-state index contributed by atoms with van der Waals surface area (Å²) in [7, 11) is 0. The quantitative estimate of drug-likeness (QED) is 0.0216. The second kappa shape index (κ2) is 35.2. The van der Waals surface area contributed by atoms with Crippen LogP contribution in [0, 0.1) is 11.8 Å². The van der Waals surface area contributed by atoms with E-state index >= 15 is 0 Å². The molecule has 0 radical (unpaired) electrons. The molecule has 52 heavy (non-hydrogen) atoms. The van der Waals surface area contributed by atoms with Gasteiger partial charge in [-0.25, -0.2) is 0 Å². The van der Waals surface area contributed by atoms with Crippen molar-refractivity contribution in [3.8, 4) is 0 Å². The van der Waals surface area contributed by atoms with E-state index in [9.17, 15) is 19.2 Å². The first kappa shape index (κ1) is 49.1. The van der Waals surface area contributed by atoms with E-state index in [0.29, 0.717) is 19.6 Å². The molecule has 0 aliphatic carbocycles. The van der Waals surface area contributed by atoms with Gasteiger partial charge in [-0.05, 0) is 57.8 Å². The summed E-state index contributed by atoms with van der Waals surface area (Å²) < 4.78 is 11.2. The van der Waals surface area contributed by atoms with Gasteiger partial charge in [-0.15, -0.1) is 0 Å². The van der Waals surface area contributed by atoms with Crippen molar-refractivity contribution in [1.82, 2.24) is 10.6 Å². The number of guanidine groups is 1. The molecule has 2 amide bonds. The summed E-state index contributed by atoms with van der Waals surface area (Å²) >= 11 is 0. The molecule has 0 saturated heterocycles. The molecular weight excluding hydrogens is 658 g/mol. The molecule has 0 aliphatic rings. The minimum atomic E-state index is -0.781. The highest BCUT2D eigenvalue weighted by Gasteiger charge is 2.22. The summed E-state index contributed by atoms with van der Waals surface area (Å²) in [5.41, 5.74) is 10.9. The van der Waals surface area contributed by atoms with Crippen molar-refractivity contribution in [2.45, 2.75) is 194 Å². The number of amides is 2. The van der Waals surface area contributed by atoms with Crippen LogP contribution in [0.2, 0.25) is 0 Å². The molecule has 0 bridgehead atoms. The second-order valence-electron chi connectivity index (χ2n) is 14.4. The molecule has 304 valence electrons. The fraction of sp³-hybridized carbons (Fsp3) is 0.878. The van der Waals surface area contributed by atoms with Crippen molar-refractivity contribution in [3.05, 3.63) is 0 Å². The number of ether oxygens (including phenoxy) is 2. The van der Waals surface area contributed by atoms with Crippen LogP contribution in [0.1, 0.15) is 188 Å². The van der Waals surface area contributed by atoms with Crippen molar-refractivity contribution in [2.75, 3.05) is 26.3 Å². The van der Waals surface area contributed by atoms with Gasteiger partial charge in [0.05, 0.1) is 25.0 Å². The van der Waals surface area contributed by atoms with E-state index < -0.39 is 6.04 Å². The average molecular weight is 738 g/mol. The summed E-state index contributed by atoms with van der Waals surface area (Å²) in [6.07, 6.45) is 23.8. The number of aliphatic imine (C=N–C) groups is 1. The van der Waals surface area contributed by atoms with Gasteiger partial charge in [-0.3, -0.25) is 24.2 Å². The highest BCUT2D eigenvalue weighted by atomic mass is 16.5. The fourth-order valence-corrected chi connectivity index (χ4v) is 6.33. The van der Waals surface area contributed by atoms with Gasteiger partial charge >= 0.3 is 11.9 Å². The first-order chi connectivity index (χ1) is 25.2. The summed E-state index contributed by atoms with van der Waals surface area (Å²) in [5.74, 6) is -0.953. The van der Waals surface area contributed by atoms with E-state index in [4.69, 9.17) is 20.9 Å². The lowest BCUT2D eigenvalue weighted by Gasteiger charge is -2.18. The molecule has 2 unspecified atom stereocenters. The largest absolute Gasteiger partial charge is 0.465 e. The van der Waals surface area contributed by atoms with Crippen LogP contribution in [0.15, 0.2) is 4.99 Å². The van der Waals surface area contributed by atoms with E-state index in [-0.39, 0.29) is 67.5 Å². The fourth-order valence-electron chi connectivity index (χ4n) is 6.33. The SMILES string of the molecule is CCCCCCCCC(CCCCCC)C(=O)OCCCCCCNC(=O)[C@H](CCN=C(N)N)NC(=O)CCCOC(=O)C(CCC)CCCCC. The number of hydrogen-bond acceptors (Lipinski definition) is 7. The first-order valence-electron chi connectivity index (χ1n) is 21.2. The molecule has 0 heterocycles. The van der Waals surface area contributed by atoms with E-state index in [1.54, 1.807) is 0 Å². The van der Waals surface area contributed by atoms with Crippen LogP contribution in [0.3, 0.4) is 0 Å². The third-order valence-corrected chi connectivity index (χ3v) is 9.54. The molecule has 0 fully saturated rings. The highest BCUT2D eigenvalue weighted by Crippen LogP contribution is 2.21. The Bertz CT molecular complexity index is 943. The standard InChI is InChI=1S/C41H79N5O6/c1-5-9-12-14-15-20-27-35(26-19-13-10-6-2)40(50)51-32-22-17-16-21-30-44-38(48)36(29-31-45-41(42)43)46-37(47)28-23-33-52-39(49)34(24-8-4)25-18-11-7-3/h34-36H,5-33H2,1-4H3,(H,44,48)(H,46,47)(H4,42,43,45)/t34?,35?,36-/m0/s1. The van der Waals surface area contributed by atoms with Gasteiger partial charge in [-0.2, -0.15) is 0 Å². The molecule has 0 aromatic rings. The van der Waals surface area contributed by atoms with Gasteiger partial charge in [0.25, 0.3) is 0 Å². The van der Waals surface area contributed by atoms with Crippen LogP contribution in [0.5, 0.6) is 0 Å². The smallest absolute Gasteiger partial charge is 0.308 e. The second-order valence-corrected chi connectivity index (χ2v) is 14.4. The molecular formula is C41H79N5O6. The summed E-state index contributed by atoms with van der Waals surface area (Å²) in [5, 5.41) is 5.72. The normalized spacial score (nSPS) is 12.8. The Balaban J connectivity index is 4.55. The average Bonchev–Trinajstić information content (AvgIpc) is 3.12. The maximum absolute atomic E-state index is 13.0. The lowest BCUT2D eigenvalue weighted by Crippen LogP contribution is -2.47. The van der Waals surface area contributed by atoms with Crippen molar-refractivity contribution in [3.63, 3.8) is 0 Å². The number of carbonyl (C=O) groups is 4. The Hall–Kier alpha value is -2.85. The Morgan fingerprint density at radius 1 is 0.558 bits per heavy atom. The summed E-state index contributed by atoms with van der Waals surface area (Å²) in [6.45, 7) is 9.91. The Labute approximate surface area is 317 Å². The Kier molecular flexibility index (Phi) is 33.3. The van der Waals surface area contributed by atoms with E-state index in [2.05, 4.69) is 43.3 Å². The molecule has 11 nitrogen and oxygen atoms in total. The third kappa shape index (κ3) is 28.7. The van der Waals surface area contributed by atoms with Crippen LogP contribution >= 0.6 is 0 Å². The van der Waals surface area contributed by atoms with Crippen LogP contribution < -0.4 is 22.1 Å². The lowest BCUT2D eigenvalue weighted by molar-refractivity contribution is -0.150. The lowest BCUT2D eigenvalue weighted by atomic mass is 9.94. The van der Waals surface area contributed by atoms with Gasteiger partial charge in [0, 0.05) is 19.5 Å². The van der Waals surface area contributed by atoms with Gasteiger partial charge < -0.3 is 31.6 Å². The van der Waals surface area contributed by atoms with Gasteiger partial charge in [-0.1, -0.05) is 124 Å². The zero-order valence-corrected chi connectivity index (χ0v) is 33.8. The van der Waals surface area contributed by atoms with Crippen molar-refractivity contribution < 1.29 is 28.7 Å². The van der Waals surface area contributed by atoms with Crippen LogP contribution in [-0.4, -0.2) is 62.1 Å². The number of nitrogens with two attached hydrogens (primary N) is 2. The monoisotopic (exact) mass is 738 g/mol. The number of nitrogens with one attached hydrogen (secondary N) is 2. The Morgan fingerprint density at radius 2 is 1.04 bits per heavy atom. The maximum atomic E-state index is 13.0. The van der Waals surface area contributed by atoms with Crippen molar-refractivity contribution >= 4 is 29.7 Å². The number of unbranched alkanes of at least 4 members (excludes halogenated alkanes) is 13. The van der Waals surface area contributed by atoms with Crippen molar-refractivity contribution in [2.24, 2.45) is 28.3 Å².